The standard InChI is InChI=1S/C18H26N4O2/c1-4-9-21-10-5-6-16(21)18(24)22-11-7-14-15(8-12-22)19-13(2)20(3)17(14)23/h4,16H,1,5-12H2,2-3H3/t16-/m0/s1. The van der Waals surface area contributed by atoms with E-state index in [4.69, 9.17) is 0 Å². The molecule has 1 aromatic heterocycles. The van der Waals surface area contributed by atoms with Gasteiger partial charge < -0.3 is 4.90 Å². The quantitative estimate of drug-likeness (QED) is 0.764. The first-order valence-electron chi connectivity index (χ1n) is 8.72. The first kappa shape index (κ1) is 16.9. The van der Waals surface area contributed by atoms with Gasteiger partial charge >= 0.3 is 0 Å². The number of aryl methyl sites for hydroxylation is 1. The number of nitrogens with zero attached hydrogens (tertiary/aromatic N) is 4. The van der Waals surface area contributed by atoms with E-state index in [1.807, 2.05) is 17.9 Å². The van der Waals surface area contributed by atoms with E-state index in [0.717, 1.165) is 43.0 Å². The topological polar surface area (TPSA) is 58.4 Å². The van der Waals surface area contributed by atoms with Crippen LogP contribution in [0.15, 0.2) is 17.4 Å². The van der Waals surface area contributed by atoms with Gasteiger partial charge in [-0.1, -0.05) is 6.08 Å². The molecule has 1 fully saturated rings. The van der Waals surface area contributed by atoms with E-state index in [-0.39, 0.29) is 17.5 Å². The van der Waals surface area contributed by atoms with E-state index in [2.05, 4.69) is 16.5 Å². The van der Waals surface area contributed by atoms with Crippen LogP contribution in [0, 0.1) is 6.92 Å². The van der Waals surface area contributed by atoms with Crippen LogP contribution in [0.4, 0.5) is 0 Å². The van der Waals surface area contributed by atoms with Crippen LogP contribution in [-0.2, 0) is 24.7 Å². The lowest BCUT2D eigenvalue weighted by Crippen LogP contribution is -2.46. The van der Waals surface area contributed by atoms with Gasteiger partial charge in [-0.25, -0.2) is 4.98 Å². The number of rotatable bonds is 3. The molecule has 0 N–H and O–H groups in total. The van der Waals surface area contributed by atoms with Gasteiger partial charge in [-0.3, -0.25) is 19.1 Å². The average Bonchev–Trinajstić information content (AvgIpc) is 2.92. The summed E-state index contributed by atoms with van der Waals surface area (Å²) in [6.07, 6.45) is 5.08. The Balaban J connectivity index is 1.77. The highest BCUT2D eigenvalue weighted by molar-refractivity contribution is 5.82. The van der Waals surface area contributed by atoms with E-state index in [1.165, 1.54) is 0 Å². The average molecular weight is 330 g/mol. The molecule has 0 unspecified atom stereocenters. The summed E-state index contributed by atoms with van der Waals surface area (Å²) in [4.78, 5) is 34.1. The second-order valence-electron chi connectivity index (χ2n) is 6.72. The minimum atomic E-state index is -0.0401. The van der Waals surface area contributed by atoms with E-state index in [0.29, 0.717) is 25.9 Å². The highest BCUT2D eigenvalue weighted by Crippen LogP contribution is 2.21. The highest BCUT2D eigenvalue weighted by atomic mass is 16.2. The molecule has 1 atom stereocenters. The van der Waals surface area contributed by atoms with Crippen LogP contribution in [0.25, 0.3) is 0 Å². The first-order valence-corrected chi connectivity index (χ1v) is 8.72. The fourth-order valence-corrected chi connectivity index (χ4v) is 3.79. The number of fused-ring (bicyclic) bond motifs is 1. The van der Waals surface area contributed by atoms with Crippen LogP contribution in [0.5, 0.6) is 0 Å². The van der Waals surface area contributed by atoms with Crippen molar-refractivity contribution in [3.8, 4) is 0 Å². The van der Waals surface area contributed by atoms with Crippen molar-refractivity contribution in [3.63, 3.8) is 0 Å². The predicted molar refractivity (Wildman–Crippen MR) is 93.0 cm³/mol. The monoisotopic (exact) mass is 330 g/mol. The number of hydrogen-bond acceptors (Lipinski definition) is 4. The van der Waals surface area contributed by atoms with Crippen LogP contribution >= 0.6 is 0 Å². The van der Waals surface area contributed by atoms with Crippen molar-refractivity contribution >= 4 is 5.91 Å². The lowest BCUT2D eigenvalue weighted by molar-refractivity contribution is -0.135. The minimum absolute atomic E-state index is 0.0287. The Labute approximate surface area is 142 Å². The Kier molecular flexibility index (Phi) is 4.85. The zero-order valence-electron chi connectivity index (χ0n) is 14.6. The minimum Gasteiger partial charge on any atom is -0.341 e. The lowest BCUT2D eigenvalue weighted by Gasteiger charge is -2.28. The molecule has 0 saturated carbocycles. The van der Waals surface area contributed by atoms with Gasteiger partial charge in [0.1, 0.15) is 5.82 Å². The van der Waals surface area contributed by atoms with Gasteiger partial charge in [-0.15, -0.1) is 6.58 Å². The molecule has 3 rings (SSSR count). The zero-order valence-corrected chi connectivity index (χ0v) is 14.6. The molecule has 0 aliphatic carbocycles. The van der Waals surface area contributed by atoms with E-state index < -0.39 is 0 Å². The van der Waals surface area contributed by atoms with Crippen molar-refractivity contribution in [2.45, 2.75) is 38.6 Å². The number of aromatic nitrogens is 2. The molecule has 6 nitrogen and oxygen atoms in total. The van der Waals surface area contributed by atoms with Crippen molar-refractivity contribution in [1.82, 2.24) is 19.4 Å². The molecule has 6 heteroatoms. The first-order chi connectivity index (χ1) is 11.5. The molecular weight excluding hydrogens is 304 g/mol. The molecule has 3 heterocycles. The highest BCUT2D eigenvalue weighted by Gasteiger charge is 2.33. The van der Waals surface area contributed by atoms with E-state index in [1.54, 1.807) is 11.6 Å². The van der Waals surface area contributed by atoms with Crippen LogP contribution in [0.2, 0.25) is 0 Å². The smallest absolute Gasteiger partial charge is 0.256 e. The third kappa shape index (κ3) is 3.02. The Morgan fingerprint density at radius 1 is 1.33 bits per heavy atom. The Hall–Kier alpha value is -1.95. The molecule has 2 aliphatic rings. The van der Waals surface area contributed by atoms with Gasteiger partial charge in [0.15, 0.2) is 0 Å². The third-order valence-electron chi connectivity index (χ3n) is 5.27. The van der Waals surface area contributed by atoms with Crippen LogP contribution < -0.4 is 5.56 Å². The summed E-state index contributed by atoms with van der Waals surface area (Å²) < 4.78 is 1.60. The van der Waals surface area contributed by atoms with Crippen molar-refractivity contribution in [1.29, 1.82) is 0 Å². The Morgan fingerprint density at radius 2 is 2.08 bits per heavy atom. The number of likely N-dealkylation sites (tertiary alicyclic amines) is 1. The van der Waals surface area contributed by atoms with Gasteiger partial charge in [0.05, 0.1) is 11.7 Å². The van der Waals surface area contributed by atoms with Gasteiger partial charge in [-0.2, -0.15) is 0 Å². The van der Waals surface area contributed by atoms with E-state index in [9.17, 15) is 9.59 Å². The molecule has 130 valence electrons. The number of hydrogen-bond donors (Lipinski definition) is 0. The maximum absolute atomic E-state index is 13.0. The zero-order chi connectivity index (χ0) is 17.3. The van der Waals surface area contributed by atoms with Gasteiger partial charge in [0, 0.05) is 38.7 Å². The molecule has 0 radical (unpaired) electrons. The largest absolute Gasteiger partial charge is 0.341 e. The molecule has 0 aromatic carbocycles. The normalized spacial score (nSPS) is 21.4. The summed E-state index contributed by atoms with van der Waals surface area (Å²) >= 11 is 0. The van der Waals surface area contributed by atoms with Crippen LogP contribution in [-0.4, -0.2) is 57.5 Å². The third-order valence-corrected chi connectivity index (χ3v) is 5.27. The summed E-state index contributed by atoms with van der Waals surface area (Å²) in [7, 11) is 1.75. The molecular formula is C18H26N4O2. The fourth-order valence-electron chi connectivity index (χ4n) is 3.79. The second kappa shape index (κ2) is 6.89. The molecule has 2 aliphatic heterocycles. The van der Waals surface area contributed by atoms with Crippen molar-refractivity contribution in [3.05, 3.63) is 40.1 Å². The SMILES string of the molecule is C=CCN1CCC[C@H]1C(=O)N1CCc2nc(C)n(C)c(=O)c2CC1. The van der Waals surface area contributed by atoms with Crippen LogP contribution in [0.3, 0.4) is 0 Å². The van der Waals surface area contributed by atoms with Crippen LogP contribution in [0.1, 0.15) is 29.9 Å². The van der Waals surface area contributed by atoms with Crippen molar-refractivity contribution in [2.24, 2.45) is 7.05 Å². The summed E-state index contributed by atoms with van der Waals surface area (Å²) in [5.41, 5.74) is 1.66. The fraction of sp³-hybridized carbons (Fsp3) is 0.611. The van der Waals surface area contributed by atoms with Gasteiger partial charge in [-0.05, 0) is 32.7 Å². The van der Waals surface area contributed by atoms with Gasteiger partial charge in [0.2, 0.25) is 5.91 Å². The maximum atomic E-state index is 13.0. The lowest BCUT2D eigenvalue weighted by atomic mass is 10.1. The molecule has 1 amide bonds. The predicted octanol–water partition coefficient (Wildman–Crippen LogP) is 0.666. The summed E-state index contributed by atoms with van der Waals surface area (Å²) in [6.45, 7) is 8.59. The molecule has 1 aromatic rings. The number of amides is 1. The Morgan fingerprint density at radius 3 is 2.83 bits per heavy atom. The van der Waals surface area contributed by atoms with Gasteiger partial charge in [0.25, 0.3) is 5.56 Å². The van der Waals surface area contributed by atoms with Crippen molar-refractivity contribution < 1.29 is 4.79 Å². The number of carbonyl (C=O) groups is 1. The molecule has 0 bridgehead atoms. The second-order valence-corrected chi connectivity index (χ2v) is 6.72. The number of carbonyl (C=O) groups excluding carboxylic acids is 1. The maximum Gasteiger partial charge on any atom is 0.256 e. The Bertz CT molecular complexity index is 710. The summed E-state index contributed by atoms with van der Waals surface area (Å²) in [5, 5.41) is 0. The van der Waals surface area contributed by atoms with Crippen molar-refractivity contribution in [2.75, 3.05) is 26.2 Å². The molecule has 1 saturated heterocycles. The molecule has 0 spiro atoms. The molecule has 24 heavy (non-hydrogen) atoms. The summed E-state index contributed by atoms with van der Waals surface area (Å²) in [6, 6.07) is -0.0401. The van der Waals surface area contributed by atoms with E-state index >= 15 is 0 Å². The summed E-state index contributed by atoms with van der Waals surface area (Å²) in [5.74, 6) is 0.919.